The molecule has 4 aromatic carbocycles. The van der Waals surface area contributed by atoms with E-state index in [1.807, 2.05) is 0 Å². The number of fused-ring (bicyclic) bond motifs is 1. The van der Waals surface area contributed by atoms with Crippen molar-refractivity contribution in [1.82, 2.24) is 0 Å². The standard InChI is InChI=1S/C30H24F8/c1-2-3-4-5-6-7-17-12-24(32)27(25(33)13-17)19-9-10-21(23(31)15-19)18-8-11-22-20(14-18)16-26(34)28(29(22)35)30(36,37)38/h8-16H,2-7H2,1H3. The summed E-state index contributed by atoms with van der Waals surface area (Å²) in [5.41, 5.74) is -1.84. The van der Waals surface area contributed by atoms with Gasteiger partial charge in [0.1, 0.15) is 34.6 Å². The highest BCUT2D eigenvalue weighted by Crippen LogP contribution is 2.38. The molecule has 8 heteroatoms. The van der Waals surface area contributed by atoms with Crippen LogP contribution in [0.1, 0.15) is 50.2 Å². The number of rotatable bonds is 8. The summed E-state index contributed by atoms with van der Waals surface area (Å²) in [4.78, 5) is 0. The largest absolute Gasteiger partial charge is 0.422 e. The lowest BCUT2D eigenvalue weighted by molar-refractivity contribution is -0.142. The Morgan fingerprint density at radius 3 is 1.92 bits per heavy atom. The molecule has 0 aliphatic heterocycles. The quantitative estimate of drug-likeness (QED) is 0.155. The molecule has 0 unspecified atom stereocenters. The molecule has 0 aliphatic rings. The second-order valence-electron chi connectivity index (χ2n) is 9.27. The van der Waals surface area contributed by atoms with Gasteiger partial charge in [0.15, 0.2) is 0 Å². The fraction of sp³-hybridized carbons (Fsp3) is 0.267. The van der Waals surface area contributed by atoms with E-state index in [4.69, 9.17) is 0 Å². The Labute approximate surface area is 214 Å². The topological polar surface area (TPSA) is 0 Å². The molecular weight excluding hydrogens is 512 g/mol. The molecule has 0 aromatic heterocycles. The van der Waals surface area contributed by atoms with Crippen LogP contribution in [0.2, 0.25) is 0 Å². The number of alkyl halides is 3. The fourth-order valence-electron chi connectivity index (χ4n) is 4.64. The minimum absolute atomic E-state index is 0.0385. The van der Waals surface area contributed by atoms with Crippen molar-refractivity contribution in [3.8, 4) is 22.3 Å². The van der Waals surface area contributed by atoms with Crippen molar-refractivity contribution in [2.24, 2.45) is 0 Å². The third kappa shape index (κ3) is 5.69. The number of aryl methyl sites for hydroxylation is 1. The summed E-state index contributed by atoms with van der Waals surface area (Å²) in [6.07, 6.45) is 0.324. The minimum Gasteiger partial charge on any atom is -0.206 e. The van der Waals surface area contributed by atoms with Gasteiger partial charge in [0.2, 0.25) is 0 Å². The molecule has 0 saturated heterocycles. The lowest BCUT2D eigenvalue weighted by Crippen LogP contribution is -2.11. The Hall–Kier alpha value is -3.42. The smallest absolute Gasteiger partial charge is 0.206 e. The molecule has 200 valence electrons. The molecule has 4 rings (SSSR count). The maximum absolute atomic E-state index is 15.1. The van der Waals surface area contributed by atoms with E-state index >= 15 is 4.39 Å². The van der Waals surface area contributed by atoms with Crippen LogP contribution in [-0.2, 0) is 12.6 Å². The summed E-state index contributed by atoms with van der Waals surface area (Å²) in [5, 5.41) is -0.676. The Morgan fingerprint density at radius 2 is 1.29 bits per heavy atom. The van der Waals surface area contributed by atoms with Crippen LogP contribution in [0, 0.1) is 29.1 Å². The molecular formula is C30H24F8. The fourth-order valence-corrected chi connectivity index (χ4v) is 4.64. The highest BCUT2D eigenvalue weighted by Gasteiger charge is 2.38. The van der Waals surface area contributed by atoms with Crippen molar-refractivity contribution in [3.63, 3.8) is 0 Å². The van der Waals surface area contributed by atoms with E-state index in [0.717, 1.165) is 50.3 Å². The van der Waals surface area contributed by atoms with Crippen molar-refractivity contribution in [2.45, 2.75) is 51.6 Å². The summed E-state index contributed by atoms with van der Waals surface area (Å²) >= 11 is 0. The second kappa shape index (κ2) is 11.1. The van der Waals surface area contributed by atoms with Gasteiger partial charge >= 0.3 is 6.18 Å². The molecule has 0 amide bonds. The van der Waals surface area contributed by atoms with Crippen molar-refractivity contribution in [3.05, 3.63) is 94.8 Å². The third-order valence-corrected chi connectivity index (χ3v) is 6.55. The zero-order valence-electron chi connectivity index (χ0n) is 20.5. The van der Waals surface area contributed by atoms with E-state index in [1.54, 1.807) is 0 Å². The van der Waals surface area contributed by atoms with E-state index in [1.165, 1.54) is 30.3 Å². The van der Waals surface area contributed by atoms with E-state index in [0.29, 0.717) is 18.1 Å². The predicted octanol–water partition coefficient (Wildman–Crippen LogP) is 10.4. The molecule has 0 fully saturated rings. The number of benzene rings is 4. The maximum atomic E-state index is 15.1. The summed E-state index contributed by atoms with van der Waals surface area (Å²) in [6.45, 7) is 2.10. The van der Waals surface area contributed by atoms with E-state index in [9.17, 15) is 30.7 Å². The van der Waals surface area contributed by atoms with Crippen LogP contribution in [-0.4, -0.2) is 0 Å². The first-order chi connectivity index (χ1) is 18.0. The van der Waals surface area contributed by atoms with Gasteiger partial charge in [0.25, 0.3) is 0 Å². The minimum atomic E-state index is -5.22. The normalized spacial score (nSPS) is 11.9. The highest BCUT2D eigenvalue weighted by atomic mass is 19.4. The van der Waals surface area contributed by atoms with Crippen molar-refractivity contribution in [1.29, 1.82) is 0 Å². The summed E-state index contributed by atoms with van der Waals surface area (Å²) in [7, 11) is 0. The van der Waals surface area contributed by atoms with Gasteiger partial charge in [-0.15, -0.1) is 0 Å². The molecule has 0 heterocycles. The van der Waals surface area contributed by atoms with Crippen LogP contribution >= 0.6 is 0 Å². The Bertz CT molecular complexity index is 1450. The van der Waals surface area contributed by atoms with Gasteiger partial charge in [-0.25, -0.2) is 22.0 Å². The van der Waals surface area contributed by atoms with Crippen LogP contribution in [0.3, 0.4) is 0 Å². The summed E-state index contributed by atoms with van der Waals surface area (Å²) in [6, 6.07) is 9.87. The van der Waals surface area contributed by atoms with Gasteiger partial charge in [0.05, 0.1) is 5.56 Å². The van der Waals surface area contributed by atoms with Crippen LogP contribution in [0.4, 0.5) is 35.1 Å². The molecule has 0 N–H and O–H groups in total. The molecule has 0 radical (unpaired) electrons. The van der Waals surface area contributed by atoms with Gasteiger partial charge < -0.3 is 0 Å². The van der Waals surface area contributed by atoms with E-state index < -0.39 is 46.2 Å². The number of halogens is 8. The Kier molecular flexibility index (Phi) is 8.09. The molecule has 38 heavy (non-hydrogen) atoms. The predicted molar refractivity (Wildman–Crippen MR) is 132 cm³/mol. The maximum Gasteiger partial charge on any atom is 0.422 e. The molecule has 0 aliphatic carbocycles. The van der Waals surface area contributed by atoms with Gasteiger partial charge in [-0.3, -0.25) is 0 Å². The highest BCUT2D eigenvalue weighted by molar-refractivity contribution is 5.89. The van der Waals surface area contributed by atoms with Gasteiger partial charge in [0, 0.05) is 10.9 Å². The lowest BCUT2D eigenvalue weighted by atomic mass is 9.95. The number of unbranched alkanes of at least 4 members (excludes halogenated alkanes) is 4. The molecule has 0 bridgehead atoms. The molecule has 0 saturated carbocycles. The zero-order valence-corrected chi connectivity index (χ0v) is 20.5. The van der Waals surface area contributed by atoms with E-state index in [2.05, 4.69) is 6.92 Å². The molecule has 0 nitrogen and oxygen atoms in total. The SMILES string of the molecule is CCCCCCCc1cc(F)c(-c2ccc(-c3ccc4c(F)c(C(F)(F)F)c(F)cc4c3)c(F)c2)c(F)c1. The first kappa shape index (κ1) is 27.6. The van der Waals surface area contributed by atoms with Gasteiger partial charge in [-0.1, -0.05) is 56.9 Å². The zero-order chi connectivity index (χ0) is 27.6. The Balaban J connectivity index is 1.63. The first-order valence-corrected chi connectivity index (χ1v) is 12.3. The number of hydrogen-bond donors (Lipinski definition) is 0. The molecule has 0 spiro atoms. The average Bonchev–Trinajstić information content (AvgIpc) is 2.82. The monoisotopic (exact) mass is 536 g/mol. The van der Waals surface area contributed by atoms with Crippen molar-refractivity contribution < 1.29 is 35.1 Å². The van der Waals surface area contributed by atoms with Crippen LogP contribution in [0.15, 0.2) is 54.6 Å². The van der Waals surface area contributed by atoms with Crippen LogP contribution in [0.25, 0.3) is 33.0 Å². The Morgan fingerprint density at radius 1 is 0.632 bits per heavy atom. The van der Waals surface area contributed by atoms with E-state index in [-0.39, 0.29) is 27.6 Å². The van der Waals surface area contributed by atoms with Crippen molar-refractivity contribution in [2.75, 3.05) is 0 Å². The van der Waals surface area contributed by atoms with Crippen molar-refractivity contribution >= 4 is 10.8 Å². The third-order valence-electron chi connectivity index (χ3n) is 6.55. The summed E-state index contributed by atoms with van der Waals surface area (Å²) in [5.74, 6) is -6.06. The summed E-state index contributed by atoms with van der Waals surface area (Å²) < 4.78 is 112. The molecule has 0 atom stereocenters. The number of hydrogen-bond acceptors (Lipinski definition) is 0. The average molecular weight is 537 g/mol. The second-order valence-corrected chi connectivity index (χ2v) is 9.27. The molecule has 4 aromatic rings. The van der Waals surface area contributed by atoms with Crippen LogP contribution < -0.4 is 0 Å². The van der Waals surface area contributed by atoms with Crippen LogP contribution in [0.5, 0.6) is 0 Å². The van der Waals surface area contributed by atoms with Gasteiger partial charge in [-0.2, -0.15) is 13.2 Å². The van der Waals surface area contributed by atoms with Gasteiger partial charge in [-0.05, 0) is 65.3 Å². The first-order valence-electron chi connectivity index (χ1n) is 12.3. The lowest BCUT2D eigenvalue weighted by Gasteiger charge is -2.13.